The Balaban J connectivity index is 0.000000142. The summed E-state index contributed by atoms with van der Waals surface area (Å²) in [5.41, 5.74) is 16.8. The third-order valence-corrected chi connectivity index (χ3v) is 28.2. The number of H-pyrrole nitrogens is 3. The number of nitrogens with zero attached hydrogens (tertiary/aromatic N) is 16. The number of benzene rings is 3. The minimum atomic E-state index is -0.510. The molecule has 28 nitrogen and oxygen atoms in total. The van der Waals surface area contributed by atoms with Gasteiger partial charge in [0, 0.05) is 256 Å². The molecule has 4 N–H and O–H groups in total. The molecule has 18 rings (SSSR count). The second-order valence-electron chi connectivity index (χ2n) is 38.3. The number of ether oxygens (including phenoxy) is 2. The molecule has 5 aliphatic heterocycles. The normalized spacial score (nSPS) is 15.1. The number of amides is 2. The molecule has 32 heteroatoms. The van der Waals surface area contributed by atoms with Crippen LogP contribution in [0.1, 0.15) is 237 Å². The first-order valence-electron chi connectivity index (χ1n) is 47.7. The summed E-state index contributed by atoms with van der Waals surface area (Å²) < 4.78 is 18.9. The van der Waals surface area contributed by atoms with Crippen molar-refractivity contribution in [1.82, 2.24) is 89.0 Å². The number of anilines is 2. The van der Waals surface area contributed by atoms with Gasteiger partial charge in [0.25, 0.3) is 0 Å². The van der Waals surface area contributed by atoms with Gasteiger partial charge in [0.2, 0.25) is 0 Å². The van der Waals surface area contributed by atoms with Crippen molar-refractivity contribution in [1.29, 1.82) is 0 Å². The number of aromatic nitrogens is 14. The highest BCUT2D eigenvalue weighted by Crippen LogP contribution is 2.36. The number of carbonyl (C=O) groups is 6. The number of piperidine rings is 1. The molecule has 0 bridgehead atoms. The van der Waals surface area contributed by atoms with Crippen LogP contribution in [0.25, 0.3) is 32.7 Å². The molecule has 13 aromatic rings. The number of likely N-dealkylation sites (tertiary alicyclic amines) is 1. The van der Waals surface area contributed by atoms with Crippen molar-refractivity contribution >= 4 is 128 Å². The van der Waals surface area contributed by atoms with Crippen LogP contribution in [0.4, 0.5) is 19.9 Å². The molecular weight excluding hydrogens is 1820 g/mol. The average Bonchev–Trinajstić information content (AvgIpc) is 1.66. The number of carbonyl (C=O) groups excluding carboxylic acids is 6. The van der Waals surface area contributed by atoms with Crippen LogP contribution in [0.15, 0.2) is 150 Å². The lowest BCUT2D eigenvalue weighted by molar-refractivity contribution is -0.117. The van der Waals surface area contributed by atoms with Gasteiger partial charge in [-0.1, -0.05) is 137 Å². The van der Waals surface area contributed by atoms with E-state index in [0.717, 1.165) is 182 Å². The molecule has 10 aromatic heterocycles. The number of ketones is 4. The molecule has 3 unspecified atom stereocenters. The number of hydrogen-bond donors (Lipinski definition) is 4. The van der Waals surface area contributed by atoms with Crippen LogP contribution in [0, 0.1) is 17.8 Å². The van der Waals surface area contributed by atoms with Gasteiger partial charge in [0.15, 0.2) is 37.3 Å². The lowest BCUT2D eigenvalue weighted by Gasteiger charge is -2.30. The Hall–Kier alpha value is -11.2. The zero-order chi connectivity index (χ0) is 96.0. The number of para-hydroxylation sites is 3. The van der Waals surface area contributed by atoms with E-state index in [9.17, 15) is 28.8 Å². The number of Topliss-reactive ketones (excluding diaryl/α,β-unsaturated/α-hetero) is 4. The predicted molar refractivity (Wildman–Crippen MR) is 543 cm³/mol. The molecule has 135 heavy (non-hydrogen) atoms. The van der Waals surface area contributed by atoms with Crippen molar-refractivity contribution in [3.8, 4) is 0 Å². The lowest BCUT2D eigenvalue weighted by atomic mass is 9.89. The Kier molecular flexibility index (Phi) is 35.6. The van der Waals surface area contributed by atoms with Gasteiger partial charge in [-0.2, -0.15) is 20.4 Å². The quantitative estimate of drug-likeness (QED) is 0.0275. The lowest BCUT2D eigenvalue weighted by Crippen LogP contribution is -2.43. The van der Waals surface area contributed by atoms with E-state index in [4.69, 9.17) is 9.47 Å². The van der Waals surface area contributed by atoms with E-state index in [1.807, 2.05) is 115 Å². The van der Waals surface area contributed by atoms with Crippen LogP contribution in [-0.2, 0) is 114 Å². The van der Waals surface area contributed by atoms with Crippen molar-refractivity contribution in [2.75, 3.05) is 63.2 Å². The molecule has 1 fully saturated rings. The van der Waals surface area contributed by atoms with E-state index in [2.05, 4.69) is 206 Å². The number of aryl methyl sites for hydroxylation is 4. The fourth-order valence-electron chi connectivity index (χ4n) is 17.9. The maximum atomic E-state index is 13.2. The molecule has 3 aromatic carbocycles. The Bertz CT molecular complexity index is 5940. The molecule has 2 amide bonds. The number of thiazole rings is 3. The van der Waals surface area contributed by atoms with Crippen LogP contribution >= 0.6 is 49.9 Å². The number of hydrogen-bond acceptors (Lipinski definition) is 22. The topological polar surface area (TPSA) is 306 Å². The molecular formula is C103H135BrN20O8S3. The fourth-order valence-corrected chi connectivity index (χ4v) is 20.9. The number of aromatic amines is 3. The van der Waals surface area contributed by atoms with Gasteiger partial charge in [-0.3, -0.25) is 37.9 Å². The van der Waals surface area contributed by atoms with Crippen molar-refractivity contribution in [2.45, 2.75) is 228 Å². The Morgan fingerprint density at radius 1 is 0.474 bits per heavy atom. The molecule has 3 atom stereocenters. The first-order chi connectivity index (χ1) is 64.8. The second-order valence-corrected chi connectivity index (χ2v) is 42.6. The highest BCUT2D eigenvalue weighted by atomic mass is 79.9. The van der Waals surface area contributed by atoms with Gasteiger partial charge >= 0.3 is 12.2 Å². The highest BCUT2D eigenvalue weighted by molar-refractivity contribution is 9.11. The van der Waals surface area contributed by atoms with Gasteiger partial charge in [-0.15, -0.1) is 11.3 Å². The fraction of sp³-hybridized carbons (Fsp3) is 0.485. The first kappa shape index (κ1) is 101. The van der Waals surface area contributed by atoms with Crippen molar-refractivity contribution in [3.05, 3.63) is 227 Å². The van der Waals surface area contributed by atoms with E-state index < -0.39 is 11.2 Å². The van der Waals surface area contributed by atoms with E-state index in [-0.39, 0.29) is 35.3 Å². The van der Waals surface area contributed by atoms with Crippen molar-refractivity contribution in [2.24, 2.45) is 45.9 Å². The molecule has 720 valence electrons. The Labute approximate surface area is 814 Å². The van der Waals surface area contributed by atoms with E-state index in [0.29, 0.717) is 75.2 Å². The van der Waals surface area contributed by atoms with Gasteiger partial charge in [0.05, 0.1) is 69.1 Å². The summed E-state index contributed by atoms with van der Waals surface area (Å²) in [7, 11) is 11.5. The summed E-state index contributed by atoms with van der Waals surface area (Å²) in [6, 6.07) is 25.2. The number of nitrogens with one attached hydrogen (secondary N) is 4. The van der Waals surface area contributed by atoms with Gasteiger partial charge in [-0.25, -0.2) is 24.5 Å². The van der Waals surface area contributed by atoms with Gasteiger partial charge < -0.3 is 54.2 Å². The van der Waals surface area contributed by atoms with Crippen molar-refractivity contribution in [3.63, 3.8) is 0 Å². The summed E-state index contributed by atoms with van der Waals surface area (Å²) in [5, 5.41) is 26.7. The molecule has 15 heterocycles. The summed E-state index contributed by atoms with van der Waals surface area (Å²) in [4.78, 5) is 110. The van der Waals surface area contributed by atoms with Crippen molar-refractivity contribution < 1.29 is 38.2 Å². The first-order valence-corrected chi connectivity index (χ1v) is 50.9. The highest BCUT2D eigenvalue weighted by Gasteiger charge is 2.33. The second kappa shape index (κ2) is 47.5. The molecule has 1 saturated heterocycles. The monoisotopic (exact) mass is 1950 g/mol. The summed E-state index contributed by atoms with van der Waals surface area (Å²) in [6.45, 7) is 25.3. The maximum Gasteiger partial charge on any atom is 0.410 e. The molecule has 0 saturated carbocycles. The standard InChI is InChI=1S/2C26H31N5OS.C19H21BrN2OS.C13H22N2O3.C12H19N3O2.C7H11N3/c2*1-3-4-7-18(12-19-14-27-23-9-6-5-8-21(19)23)13-24(32)25-15-28-26(33-25)31-11-10-22-20(17-31)16-30(2)29-22;1-2-3-6-13(10-17(23)18-12-22-19(20)24-18)9-14-11-21-16-8-5-4-7-15(14)16;1-13(2,3)18-12(17)15-7-6-11(16)10(9-15)8-14(4)5;1-12(2,3)17-11(16)15-6-5-10-9(8-15)7-14(4)13-10;1-10-5-6-4-8-3-2-7(6)9-10/h2*5-6,8-9,14-16,18,27H,3-4,7,10-13,17H2,1-2H3;4-5,7-8,11-13,21H,2-3,6,9-10H2,1H3;8H,6-7,9H2,1-5H3;7H,5-6,8H2,1-4H3;5,8H,2-4H2,1H3/b;;;10-8+;;. The summed E-state index contributed by atoms with van der Waals surface area (Å²) >= 11 is 7.83. The predicted octanol–water partition coefficient (Wildman–Crippen LogP) is 20.5. The molecule has 0 radical (unpaired) electrons. The zero-order valence-corrected chi connectivity index (χ0v) is 85.3. The Morgan fingerprint density at radius 2 is 0.837 bits per heavy atom. The average molecular weight is 1960 g/mol. The summed E-state index contributed by atoms with van der Waals surface area (Å²) in [6.07, 6.45) is 39.7. The van der Waals surface area contributed by atoms with Crippen LogP contribution in [0.3, 0.4) is 0 Å². The van der Waals surface area contributed by atoms with E-state index in [1.54, 1.807) is 39.3 Å². The van der Waals surface area contributed by atoms with Gasteiger partial charge in [-0.05, 0) is 149 Å². The zero-order valence-electron chi connectivity index (χ0n) is 81.2. The number of unbranched alkanes of at least 4 members (excludes halogenated alkanes) is 3. The summed E-state index contributed by atoms with van der Waals surface area (Å²) in [5.74, 6) is 1.81. The van der Waals surface area contributed by atoms with Crippen LogP contribution in [0.2, 0.25) is 0 Å². The van der Waals surface area contributed by atoms with E-state index >= 15 is 0 Å². The number of rotatable bonds is 27. The van der Waals surface area contributed by atoms with Crippen LogP contribution < -0.4 is 15.1 Å². The minimum absolute atomic E-state index is 0.100. The van der Waals surface area contributed by atoms with E-state index in [1.165, 1.54) is 117 Å². The minimum Gasteiger partial charge on any atom is -0.444 e. The van der Waals surface area contributed by atoms with Crippen LogP contribution in [0.5, 0.6) is 0 Å². The molecule has 0 spiro atoms. The Morgan fingerprint density at radius 3 is 1.22 bits per heavy atom. The maximum absolute atomic E-state index is 13.2. The third-order valence-electron chi connectivity index (χ3n) is 24.5. The third kappa shape index (κ3) is 29.0. The smallest absolute Gasteiger partial charge is 0.410 e. The molecule has 5 aliphatic rings. The largest absolute Gasteiger partial charge is 0.444 e. The van der Waals surface area contributed by atoms with Gasteiger partial charge in [0.1, 0.15) is 11.2 Å². The molecule has 0 aliphatic carbocycles. The number of fused-ring (bicyclic) bond motifs is 7. The number of halogens is 1. The SMILES string of the molecule is CCCCC(CC(=O)c1cnc(Br)s1)Cc1c[nH]c2ccccc12.CCCCC(CC(=O)c1cnc(N2CCc3nn(C)cc3C2)s1)Cc1c[nH]c2ccccc12.CCCCC(CC(=O)c1cnc(N2CCc3nn(C)cc3C2)s1)Cc1c[nH]c2ccccc12.CN(C)/C=C1\CN(C(=O)OC(C)(C)C)CCC1=O.Cn1cc2c(n1)CCN(C(=O)OC(C)(C)C)C2.Cn1cc2c(n1)CCNC2. The van der Waals surface area contributed by atoms with Crippen LogP contribution in [-0.4, -0.2) is 184 Å².